The van der Waals surface area contributed by atoms with Crippen molar-refractivity contribution in [3.8, 4) is 0 Å². The van der Waals surface area contributed by atoms with Gasteiger partial charge in [0.05, 0.1) is 15.6 Å². The number of carbonyl (C=O) groups excluding carboxylic acids is 2. The molecule has 0 aliphatic carbocycles. The Morgan fingerprint density at radius 3 is 2.21 bits per heavy atom. The number of nitrogens with one attached hydrogen (secondary N) is 1. The van der Waals surface area contributed by atoms with Gasteiger partial charge in [-0.1, -0.05) is 11.6 Å². The SMILES string of the molecule is O=C(c1ccc(Cl)c(NS(=O)(=O)c2ccc(F)cc2)c1)N1CCC(C(=O)N2CCCC2)CC1. The fourth-order valence-electron chi connectivity index (χ4n) is 4.26. The van der Waals surface area contributed by atoms with Gasteiger partial charge in [0.1, 0.15) is 5.82 Å². The molecule has 2 aromatic rings. The average Bonchev–Trinajstić information content (AvgIpc) is 3.35. The molecule has 2 heterocycles. The third kappa shape index (κ3) is 5.30. The van der Waals surface area contributed by atoms with Crippen LogP contribution in [0.5, 0.6) is 0 Å². The van der Waals surface area contributed by atoms with Crippen molar-refractivity contribution < 1.29 is 22.4 Å². The standard InChI is InChI=1S/C23H25ClFN3O4S/c24-20-8-3-17(15-21(20)26-33(31,32)19-6-4-18(25)5-7-19)23(30)28-13-9-16(10-14-28)22(29)27-11-1-2-12-27/h3-8,15-16,26H,1-2,9-14H2. The number of piperidine rings is 1. The van der Waals surface area contributed by atoms with Crippen LogP contribution in [0.15, 0.2) is 47.4 Å². The fraction of sp³-hybridized carbons (Fsp3) is 0.391. The molecule has 2 fully saturated rings. The first-order valence-corrected chi connectivity index (χ1v) is 12.8. The summed E-state index contributed by atoms with van der Waals surface area (Å²) in [6, 6.07) is 8.79. The predicted molar refractivity (Wildman–Crippen MR) is 123 cm³/mol. The molecule has 7 nitrogen and oxygen atoms in total. The van der Waals surface area contributed by atoms with Gasteiger partial charge in [-0.3, -0.25) is 14.3 Å². The second-order valence-electron chi connectivity index (χ2n) is 8.35. The molecule has 0 bridgehead atoms. The Balaban J connectivity index is 1.43. The first-order chi connectivity index (χ1) is 15.7. The van der Waals surface area contributed by atoms with E-state index < -0.39 is 15.8 Å². The lowest BCUT2D eigenvalue weighted by Crippen LogP contribution is -2.43. The lowest BCUT2D eigenvalue weighted by Gasteiger charge is -2.33. The molecular weight excluding hydrogens is 469 g/mol. The number of nitrogens with zero attached hydrogens (tertiary/aromatic N) is 2. The Hall–Kier alpha value is -2.65. The second-order valence-corrected chi connectivity index (χ2v) is 10.4. The minimum absolute atomic E-state index is 0.0598. The van der Waals surface area contributed by atoms with Gasteiger partial charge in [-0.15, -0.1) is 0 Å². The van der Waals surface area contributed by atoms with Gasteiger partial charge in [0, 0.05) is 37.7 Å². The van der Waals surface area contributed by atoms with Gasteiger partial charge < -0.3 is 9.80 Å². The van der Waals surface area contributed by atoms with E-state index in [4.69, 9.17) is 11.6 Å². The number of likely N-dealkylation sites (tertiary alicyclic amines) is 2. The minimum atomic E-state index is -4.01. The van der Waals surface area contributed by atoms with Crippen LogP contribution in [-0.4, -0.2) is 56.2 Å². The van der Waals surface area contributed by atoms with Crippen LogP contribution in [0.3, 0.4) is 0 Å². The molecule has 2 aliphatic heterocycles. The molecule has 0 aromatic heterocycles. The average molecular weight is 494 g/mol. The fourth-order valence-corrected chi connectivity index (χ4v) is 5.55. The van der Waals surface area contributed by atoms with Crippen LogP contribution in [0.1, 0.15) is 36.0 Å². The molecule has 2 amide bonds. The van der Waals surface area contributed by atoms with E-state index in [1.54, 1.807) is 11.0 Å². The maximum Gasteiger partial charge on any atom is 0.261 e. The van der Waals surface area contributed by atoms with Gasteiger partial charge in [-0.2, -0.15) is 0 Å². The zero-order valence-corrected chi connectivity index (χ0v) is 19.5. The molecule has 0 atom stereocenters. The molecule has 0 unspecified atom stereocenters. The molecule has 0 saturated carbocycles. The second kappa shape index (κ2) is 9.69. The van der Waals surface area contributed by atoms with E-state index in [2.05, 4.69) is 4.72 Å². The molecule has 2 aliphatic rings. The molecule has 10 heteroatoms. The Labute approximate surface area is 197 Å². The van der Waals surface area contributed by atoms with Crippen molar-refractivity contribution >= 4 is 39.1 Å². The number of rotatable bonds is 5. The van der Waals surface area contributed by atoms with Gasteiger partial charge in [-0.05, 0) is 68.1 Å². The van der Waals surface area contributed by atoms with Crippen LogP contribution < -0.4 is 4.72 Å². The monoisotopic (exact) mass is 493 g/mol. The summed E-state index contributed by atoms with van der Waals surface area (Å²) in [5.74, 6) is -0.675. The van der Waals surface area contributed by atoms with Crippen molar-refractivity contribution in [1.82, 2.24) is 9.80 Å². The van der Waals surface area contributed by atoms with Crippen molar-refractivity contribution in [2.75, 3.05) is 30.9 Å². The number of benzene rings is 2. The maximum absolute atomic E-state index is 13.1. The van der Waals surface area contributed by atoms with Crippen LogP contribution in [0.4, 0.5) is 10.1 Å². The van der Waals surface area contributed by atoms with E-state index in [1.807, 2.05) is 4.90 Å². The summed E-state index contributed by atoms with van der Waals surface area (Å²) in [7, 11) is -4.01. The van der Waals surface area contributed by atoms with Gasteiger partial charge in [0.25, 0.3) is 15.9 Å². The minimum Gasteiger partial charge on any atom is -0.342 e. The third-order valence-corrected chi connectivity index (χ3v) is 7.84. The molecule has 1 N–H and O–H groups in total. The van der Waals surface area contributed by atoms with E-state index in [-0.39, 0.29) is 33.3 Å². The molecule has 0 radical (unpaired) electrons. The number of anilines is 1. The van der Waals surface area contributed by atoms with Crippen LogP contribution >= 0.6 is 11.6 Å². The summed E-state index contributed by atoms with van der Waals surface area (Å²) in [5, 5.41) is 0.132. The number of hydrogen-bond donors (Lipinski definition) is 1. The number of carbonyl (C=O) groups is 2. The van der Waals surface area contributed by atoms with Crippen molar-refractivity contribution in [1.29, 1.82) is 0 Å². The highest BCUT2D eigenvalue weighted by atomic mass is 35.5. The summed E-state index contributed by atoms with van der Waals surface area (Å²) in [6.07, 6.45) is 3.32. The highest BCUT2D eigenvalue weighted by molar-refractivity contribution is 7.92. The smallest absolute Gasteiger partial charge is 0.261 e. The summed E-state index contributed by atoms with van der Waals surface area (Å²) >= 11 is 6.17. The summed E-state index contributed by atoms with van der Waals surface area (Å²) in [5.41, 5.74) is 0.353. The zero-order valence-electron chi connectivity index (χ0n) is 18.0. The number of halogens is 2. The van der Waals surface area contributed by atoms with Crippen molar-refractivity contribution in [3.05, 3.63) is 58.9 Å². The molecule has 176 valence electrons. The van der Waals surface area contributed by atoms with E-state index in [9.17, 15) is 22.4 Å². The van der Waals surface area contributed by atoms with Crippen molar-refractivity contribution in [2.45, 2.75) is 30.6 Å². The zero-order chi connectivity index (χ0) is 23.6. The first-order valence-electron chi connectivity index (χ1n) is 10.9. The number of amides is 2. The van der Waals surface area contributed by atoms with Crippen LogP contribution in [0.2, 0.25) is 5.02 Å². The predicted octanol–water partition coefficient (Wildman–Crippen LogP) is 3.75. The van der Waals surface area contributed by atoms with Gasteiger partial charge in [0.15, 0.2) is 0 Å². The summed E-state index contributed by atoms with van der Waals surface area (Å²) < 4.78 is 40.8. The van der Waals surface area contributed by atoms with Crippen LogP contribution in [0, 0.1) is 11.7 Å². The van der Waals surface area contributed by atoms with E-state index in [0.717, 1.165) is 50.2 Å². The Kier molecular flexibility index (Phi) is 6.90. The summed E-state index contributed by atoms with van der Waals surface area (Å²) in [4.78, 5) is 29.1. The quantitative estimate of drug-likeness (QED) is 0.687. The van der Waals surface area contributed by atoms with Gasteiger partial charge in [0.2, 0.25) is 5.91 Å². The van der Waals surface area contributed by atoms with Crippen LogP contribution in [-0.2, 0) is 14.8 Å². The highest BCUT2D eigenvalue weighted by Gasteiger charge is 2.31. The first kappa shape index (κ1) is 23.5. The number of sulfonamides is 1. The van der Waals surface area contributed by atoms with E-state index in [0.29, 0.717) is 31.5 Å². The van der Waals surface area contributed by atoms with E-state index >= 15 is 0 Å². The third-order valence-electron chi connectivity index (χ3n) is 6.13. The van der Waals surface area contributed by atoms with Gasteiger partial charge in [-0.25, -0.2) is 12.8 Å². The lowest BCUT2D eigenvalue weighted by atomic mass is 9.95. The van der Waals surface area contributed by atoms with Gasteiger partial charge >= 0.3 is 0 Å². The maximum atomic E-state index is 13.1. The van der Waals surface area contributed by atoms with Crippen LogP contribution in [0.25, 0.3) is 0 Å². The summed E-state index contributed by atoms with van der Waals surface area (Å²) in [6.45, 7) is 2.56. The molecule has 2 saturated heterocycles. The van der Waals surface area contributed by atoms with E-state index in [1.165, 1.54) is 12.1 Å². The topological polar surface area (TPSA) is 86.8 Å². The van der Waals surface area contributed by atoms with Crippen molar-refractivity contribution in [2.24, 2.45) is 5.92 Å². The Morgan fingerprint density at radius 2 is 1.58 bits per heavy atom. The molecule has 4 rings (SSSR count). The largest absolute Gasteiger partial charge is 0.342 e. The number of hydrogen-bond acceptors (Lipinski definition) is 4. The Morgan fingerprint density at radius 1 is 0.939 bits per heavy atom. The van der Waals surface area contributed by atoms with Crippen molar-refractivity contribution in [3.63, 3.8) is 0 Å². The molecule has 0 spiro atoms. The Bertz CT molecular complexity index is 1140. The molecular formula is C23H25ClFN3O4S. The molecule has 33 heavy (non-hydrogen) atoms. The lowest BCUT2D eigenvalue weighted by molar-refractivity contribution is -0.135. The molecule has 2 aromatic carbocycles. The highest BCUT2D eigenvalue weighted by Crippen LogP contribution is 2.28. The normalized spacial score (nSPS) is 17.3.